The van der Waals surface area contributed by atoms with Gasteiger partial charge in [-0.3, -0.25) is 33.8 Å². The van der Waals surface area contributed by atoms with Gasteiger partial charge in [-0.25, -0.2) is 4.79 Å². The van der Waals surface area contributed by atoms with Crippen molar-refractivity contribution in [1.29, 1.82) is 0 Å². The summed E-state index contributed by atoms with van der Waals surface area (Å²) in [6.07, 6.45) is 6.84. The Labute approximate surface area is 652 Å². The zero-order valence-electron chi connectivity index (χ0n) is 67.0. The van der Waals surface area contributed by atoms with E-state index in [9.17, 15) is 44.4 Å². The normalized spacial score (nSPS) is 26.7. The number of nitrogens with zero attached hydrogens (tertiary/aromatic N) is 3. The maximum Gasteiger partial charge on any atom is 0.373 e. The number of nitrogens with one attached hydrogen (secondary N) is 2. The van der Waals surface area contributed by atoms with E-state index < -0.39 is 106 Å². The molecule has 2 aromatic carbocycles. The second-order valence-electron chi connectivity index (χ2n) is 30.3. The van der Waals surface area contributed by atoms with E-state index in [4.69, 9.17) is 72.6 Å². The molecular formula is C81H125N5O25. The van der Waals surface area contributed by atoms with E-state index in [1.54, 1.807) is 0 Å². The first kappa shape index (κ1) is 93.2. The number of hydrogen-bond donors (Lipinski definition) is 10. The summed E-state index contributed by atoms with van der Waals surface area (Å²) in [5.74, 6) is -3.28. The number of unbranched alkanes of at least 4 members (excludes halogenated alkanes) is 1. The molecule has 30 nitrogen and oxygen atoms in total. The summed E-state index contributed by atoms with van der Waals surface area (Å²) in [6.45, 7) is 18.9. The van der Waals surface area contributed by atoms with Gasteiger partial charge < -0.3 is 98.7 Å². The molecule has 6 aliphatic rings. The smallest absolute Gasteiger partial charge is 0.373 e. The number of aliphatic carboxylic acids is 1. The number of carboxylic acid groups (broad SMARTS) is 1. The number of para-hydroxylation sites is 1. The fraction of sp³-hybridized carbons (Fsp3) is 0.716. The molecule has 2 bridgehead atoms. The molecule has 30 heteroatoms. The molecule has 1 saturated carbocycles. The molecule has 3 fully saturated rings. The lowest BCUT2D eigenvalue weighted by atomic mass is 9.47. The van der Waals surface area contributed by atoms with Crippen LogP contribution in [-0.4, -0.2) is 277 Å². The molecule has 5 aliphatic heterocycles. The van der Waals surface area contributed by atoms with E-state index in [2.05, 4.69) is 101 Å². The first-order valence-electron chi connectivity index (χ1n) is 39.2. The maximum atomic E-state index is 15.2. The van der Waals surface area contributed by atoms with Crippen LogP contribution in [0.4, 0.5) is 5.69 Å². The average molecular weight is 1570 g/mol. The minimum absolute atomic E-state index is 0.0183. The van der Waals surface area contributed by atoms with Gasteiger partial charge in [0.2, 0.25) is 5.91 Å². The van der Waals surface area contributed by atoms with Crippen molar-refractivity contribution in [3.63, 3.8) is 0 Å². The number of ether oxygens (including phenoxy) is 9. The van der Waals surface area contributed by atoms with E-state index in [1.807, 2.05) is 27.8 Å². The van der Waals surface area contributed by atoms with Gasteiger partial charge in [-0.05, 0) is 151 Å². The van der Waals surface area contributed by atoms with Crippen LogP contribution in [0.25, 0.3) is 10.9 Å². The third-order valence-corrected chi connectivity index (χ3v) is 23.2. The molecule has 1 aromatic heterocycles. The number of hydrogen-bond acceptors (Lipinski definition) is 27. The van der Waals surface area contributed by atoms with Gasteiger partial charge in [0.15, 0.2) is 30.3 Å². The molecular weight excluding hydrogens is 1440 g/mol. The highest BCUT2D eigenvalue weighted by atomic mass is 16.7. The van der Waals surface area contributed by atoms with Crippen molar-refractivity contribution in [2.75, 3.05) is 112 Å². The summed E-state index contributed by atoms with van der Waals surface area (Å²) in [7, 11) is 6.25. The summed E-state index contributed by atoms with van der Waals surface area (Å²) in [4.78, 5) is 102. The standard InChI is InChI=1S/C61H87N5O12.C12H22O7.C7H16O4.CO2/c1-9-41(35-67)78-51(75-8)36-77-50(70)22-16-21-49(69)62-39(5)53(71)76-29-15-14-20-48(68)61(74)55-60(25-28-66-26-17-24-59(11-3,54(60)66)56(61)72)45-31-44(38(4)30-47(45)64(55)7)57(6)32-40-33-58(73,10-2)37-65(34-40)27-23-43-42-18-12-13-19-46(42)63-52(43)57;1-3-9(7-13)19-12(17-2)8-18-11(16)6-4-5-10(14)15;1-3-6(4-8)11-7(5-9)10-2;2-1-3/h12-13,17-19,24,30-31,39-41,51,54-56,63,67,72-74H,9-11,14-16,20-23,25-29,32-37H2,1-8H3,(H,62,69);9,12-13H,3-8H2,1-2H3,(H,14,15);6-9H,3-5H2,1-2H3;/t39?,40?,41?,51?,54?,55?,56-,57-,58?,59-,60?,61+;;;/m1.../s1. The number of H-pyrrole nitrogens is 1. The number of anilines is 1. The molecule has 3 aromatic rings. The zero-order chi connectivity index (χ0) is 82.0. The molecule has 1 spiro atoms. The van der Waals surface area contributed by atoms with Crippen molar-refractivity contribution in [3.8, 4) is 0 Å². The summed E-state index contributed by atoms with van der Waals surface area (Å²) < 4.78 is 46.6. The van der Waals surface area contributed by atoms with Crippen molar-refractivity contribution in [3.05, 3.63) is 76.5 Å². The molecule has 2 saturated heterocycles. The topological polar surface area (TPSA) is 419 Å². The molecule has 17 atom stereocenters. The summed E-state index contributed by atoms with van der Waals surface area (Å²) >= 11 is 0. The van der Waals surface area contributed by atoms with Crippen LogP contribution in [0.3, 0.4) is 0 Å². The van der Waals surface area contributed by atoms with E-state index in [0.29, 0.717) is 58.0 Å². The highest BCUT2D eigenvalue weighted by Crippen LogP contribution is 2.67. The number of fused-ring (bicyclic) bond motifs is 6. The first-order valence-corrected chi connectivity index (χ1v) is 39.2. The molecule has 624 valence electrons. The van der Waals surface area contributed by atoms with Crippen molar-refractivity contribution < 1.29 is 122 Å². The van der Waals surface area contributed by atoms with Crippen molar-refractivity contribution in [1.82, 2.24) is 20.1 Å². The van der Waals surface area contributed by atoms with Crippen LogP contribution in [-0.2, 0) is 98.2 Å². The van der Waals surface area contributed by atoms with Gasteiger partial charge in [0, 0.05) is 131 Å². The Bertz CT molecular complexity index is 3530. The number of aromatic nitrogens is 1. The van der Waals surface area contributed by atoms with Gasteiger partial charge in [-0.1, -0.05) is 71.0 Å². The van der Waals surface area contributed by atoms with Gasteiger partial charge in [0.25, 0.3) is 0 Å². The lowest BCUT2D eigenvalue weighted by molar-refractivity contribution is -0.202. The number of rotatable bonds is 39. The Balaban J connectivity index is 0.000000484. The second-order valence-corrected chi connectivity index (χ2v) is 30.3. The lowest BCUT2D eigenvalue weighted by Gasteiger charge is -2.63. The minimum atomic E-state index is -2.17. The van der Waals surface area contributed by atoms with Gasteiger partial charge in [0.1, 0.15) is 25.4 Å². The highest BCUT2D eigenvalue weighted by molar-refractivity contribution is 5.92. The molecule has 13 unspecified atom stereocenters. The van der Waals surface area contributed by atoms with Crippen LogP contribution in [0, 0.1) is 18.3 Å². The number of Topliss-reactive ketones (excluding diaryl/α,β-unsaturated/α-hetero) is 1. The number of aliphatic hydroxyl groups excluding tert-OH is 5. The van der Waals surface area contributed by atoms with Gasteiger partial charge in [0.05, 0.1) is 63.0 Å². The van der Waals surface area contributed by atoms with Crippen molar-refractivity contribution >= 4 is 58.3 Å². The maximum absolute atomic E-state index is 15.2. The molecule has 0 radical (unpaired) electrons. The zero-order valence-corrected chi connectivity index (χ0v) is 67.0. The summed E-state index contributed by atoms with van der Waals surface area (Å²) in [6, 6.07) is 11.4. The number of esters is 3. The van der Waals surface area contributed by atoms with Crippen LogP contribution >= 0.6 is 0 Å². The van der Waals surface area contributed by atoms with Crippen LogP contribution in [0.1, 0.15) is 186 Å². The van der Waals surface area contributed by atoms with Crippen LogP contribution in [0.5, 0.6) is 0 Å². The number of carbonyl (C=O) groups excluding carboxylic acids is 7. The summed E-state index contributed by atoms with van der Waals surface area (Å²) in [5.41, 5.74) is 2.93. The quantitative estimate of drug-likeness (QED) is 0.0113. The van der Waals surface area contributed by atoms with Crippen molar-refractivity contribution in [2.24, 2.45) is 11.3 Å². The molecule has 1 amide bonds. The second kappa shape index (κ2) is 43.7. The third-order valence-electron chi connectivity index (χ3n) is 23.2. The Kier molecular flexibility index (Phi) is 36.7. The number of benzene rings is 2. The number of methoxy groups -OCH3 is 3. The minimum Gasteiger partial charge on any atom is -0.481 e. The lowest BCUT2D eigenvalue weighted by Crippen LogP contribution is -2.80. The Morgan fingerprint density at radius 1 is 0.712 bits per heavy atom. The fourth-order valence-electron chi connectivity index (χ4n) is 17.5. The molecule has 10 N–H and O–H groups in total. The Morgan fingerprint density at radius 2 is 1.30 bits per heavy atom. The number of ketones is 1. The predicted molar refractivity (Wildman–Crippen MR) is 407 cm³/mol. The molecule has 9 rings (SSSR count). The number of aryl methyl sites for hydroxylation is 1. The van der Waals surface area contributed by atoms with Crippen LogP contribution in [0.2, 0.25) is 0 Å². The number of aliphatic hydroxyl groups is 7. The van der Waals surface area contributed by atoms with E-state index >= 15 is 4.79 Å². The first-order chi connectivity index (χ1) is 53.0. The van der Waals surface area contributed by atoms with E-state index in [0.717, 1.165) is 61.2 Å². The van der Waals surface area contributed by atoms with Crippen LogP contribution < -0.4 is 10.2 Å². The number of amides is 1. The number of carboxylic acids is 1. The largest absolute Gasteiger partial charge is 0.481 e. The van der Waals surface area contributed by atoms with Crippen LogP contribution in [0.15, 0.2) is 48.6 Å². The average Bonchev–Trinajstić information content (AvgIpc) is 1.49. The van der Waals surface area contributed by atoms with E-state index in [-0.39, 0.29) is 128 Å². The molecule has 6 heterocycles. The highest BCUT2D eigenvalue weighted by Gasteiger charge is 2.78. The monoisotopic (exact) mass is 1570 g/mol. The third kappa shape index (κ3) is 22.5. The Morgan fingerprint density at radius 3 is 1.85 bits per heavy atom. The molecule has 111 heavy (non-hydrogen) atoms. The van der Waals surface area contributed by atoms with Gasteiger partial charge in [-0.2, -0.15) is 9.59 Å². The SMILES string of the molecule is CCC(CO)OC(CO)OC.CCC(CO)OC(COC(=O)CCCC(=O)NC(C)C(=O)OCCCCC(=O)[C@]1(O)C2N(C)c3cc(C)c([C@@]4(C)CC5CN(CCc6c4[nH]c4ccccc64)CC(O)(CC)C5)cc3C23CCN2CC=C[C@](CC)(C23)[C@H]1O)OC.CCC(CO)OC(COC(=O)CCCC(=O)O)OC.O=C=O. The Hall–Kier alpha value is -6.68. The van der Waals surface area contributed by atoms with E-state index in [1.165, 1.54) is 50.5 Å². The number of likely N-dealkylation sites (N-methyl/N-ethyl adjacent to an activating group) is 1. The number of carbonyl (C=O) groups is 6. The number of piperidine rings is 1. The predicted octanol–water partition coefficient (Wildman–Crippen LogP) is 5.35. The fourth-order valence-corrected chi connectivity index (χ4v) is 17.5. The van der Waals surface area contributed by atoms with Gasteiger partial charge >= 0.3 is 30.0 Å². The van der Waals surface area contributed by atoms with Crippen molar-refractivity contribution in [2.45, 2.75) is 254 Å². The number of aromatic amines is 1. The van der Waals surface area contributed by atoms with Gasteiger partial charge in [-0.15, -0.1) is 0 Å². The molecule has 1 aliphatic carbocycles. The summed E-state index contributed by atoms with van der Waals surface area (Å²) in [5, 5.41) is 86.5.